The molecule has 0 spiro atoms. The van der Waals surface area contributed by atoms with E-state index < -0.39 is 0 Å². The fourth-order valence-corrected chi connectivity index (χ4v) is 3.76. The van der Waals surface area contributed by atoms with Gasteiger partial charge in [0.2, 0.25) is 0 Å². The molecule has 1 heterocycles. The molecule has 2 aromatic carbocycles. The van der Waals surface area contributed by atoms with E-state index in [4.69, 9.17) is 4.74 Å². The quantitative estimate of drug-likeness (QED) is 0.579. The summed E-state index contributed by atoms with van der Waals surface area (Å²) in [6.45, 7) is 0. The molecule has 26 heavy (non-hydrogen) atoms. The highest BCUT2D eigenvalue weighted by atomic mass is 32.2. The van der Waals surface area contributed by atoms with Gasteiger partial charge in [-0.15, -0.1) is 10.2 Å². The van der Waals surface area contributed by atoms with Crippen LogP contribution in [0.2, 0.25) is 0 Å². The molecule has 0 bridgehead atoms. The number of rotatable bonds is 6. The zero-order valence-electron chi connectivity index (χ0n) is 14.2. The van der Waals surface area contributed by atoms with E-state index >= 15 is 0 Å². The fourth-order valence-electron chi connectivity index (χ4n) is 2.81. The molecule has 1 saturated carbocycles. The summed E-state index contributed by atoms with van der Waals surface area (Å²) in [6, 6.07) is 11.8. The van der Waals surface area contributed by atoms with Gasteiger partial charge in [-0.1, -0.05) is 30.0 Å². The summed E-state index contributed by atoms with van der Waals surface area (Å²) in [5.41, 5.74) is 1.28. The lowest BCUT2D eigenvalue weighted by Crippen LogP contribution is -2.01. The number of benzene rings is 2. The number of aromatic nitrogens is 3. The second-order valence-electron chi connectivity index (χ2n) is 6.14. The molecule has 0 amide bonds. The van der Waals surface area contributed by atoms with Gasteiger partial charge in [0.05, 0.1) is 12.7 Å². The Kier molecular flexibility index (Phi) is 4.63. The van der Waals surface area contributed by atoms with Crippen molar-refractivity contribution in [2.24, 2.45) is 0 Å². The predicted molar refractivity (Wildman–Crippen MR) is 96.2 cm³/mol. The molecule has 1 aliphatic rings. The summed E-state index contributed by atoms with van der Waals surface area (Å²) in [5.74, 6) is 0.621. The Labute approximate surface area is 154 Å². The zero-order valence-corrected chi connectivity index (χ0v) is 15.0. The number of ether oxygens (including phenoxy) is 1. The highest BCUT2D eigenvalue weighted by Crippen LogP contribution is 2.41. The lowest BCUT2D eigenvalue weighted by atomic mass is 10.2. The molecule has 1 aromatic heterocycles. The first kappa shape index (κ1) is 17.0. The molecule has 4 rings (SSSR count). The minimum Gasteiger partial charge on any atom is -0.494 e. The Balaban J connectivity index is 1.60. The van der Waals surface area contributed by atoms with Gasteiger partial charge in [-0.05, 0) is 42.7 Å². The van der Waals surface area contributed by atoms with E-state index in [9.17, 15) is 8.78 Å². The van der Waals surface area contributed by atoms with Crippen molar-refractivity contribution in [3.63, 3.8) is 0 Å². The molecule has 0 unspecified atom stereocenters. The molecule has 0 radical (unpaired) electrons. The molecule has 0 N–H and O–H groups in total. The van der Waals surface area contributed by atoms with E-state index in [1.54, 1.807) is 24.3 Å². The number of hydrogen-bond acceptors (Lipinski definition) is 4. The van der Waals surface area contributed by atoms with Gasteiger partial charge in [0, 0.05) is 11.8 Å². The molecule has 1 fully saturated rings. The van der Waals surface area contributed by atoms with Crippen molar-refractivity contribution in [1.29, 1.82) is 0 Å². The maximum absolute atomic E-state index is 14.2. The van der Waals surface area contributed by atoms with Crippen molar-refractivity contribution in [3.8, 4) is 17.1 Å². The van der Waals surface area contributed by atoms with Crippen LogP contribution in [0.1, 0.15) is 24.4 Å². The van der Waals surface area contributed by atoms with Crippen LogP contribution in [0.3, 0.4) is 0 Å². The largest absolute Gasteiger partial charge is 0.494 e. The predicted octanol–water partition coefficient (Wildman–Crippen LogP) is 4.86. The number of methoxy groups -OCH3 is 1. The van der Waals surface area contributed by atoms with Crippen molar-refractivity contribution in [3.05, 3.63) is 59.7 Å². The second kappa shape index (κ2) is 7.07. The number of nitrogens with zero attached hydrogens (tertiary/aromatic N) is 3. The molecular weight excluding hydrogens is 356 g/mol. The minimum absolute atomic E-state index is 0.224. The van der Waals surface area contributed by atoms with E-state index in [-0.39, 0.29) is 17.4 Å². The minimum atomic E-state index is -0.388. The smallest absolute Gasteiger partial charge is 0.192 e. The van der Waals surface area contributed by atoms with Gasteiger partial charge in [-0.25, -0.2) is 8.78 Å². The van der Waals surface area contributed by atoms with Crippen LogP contribution in [0.4, 0.5) is 8.78 Å². The first-order valence-electron chi connectivity index (χ1n) is 8.32. The lowest BCUT2D eigenvalue weighted by Gasteiger charge is -2.10. The Morgan fingerprint density at radius 3 is 2.62 bits per heavy atom. The highest BCUT2D eigenvalue weighted by Gasteiger charge is 2.30. The summed E-state index contributed by atoms with van der Waals surface area (Å²) in [4.78, 5) is 0. The third kappa shape index (κ3) is 3.31. The Morgan fingerprint density at radius 1 is 1.12 bits per heavy atom. The third-order valence-electron chi connectivity index (χ3n) is 4.28. The summed E-state index contributed by atoms with van der Waals surface area (Å²) >= 11 is 1.47. The van der Waals surface area contributed by atoms with Crippen LogP contribution < -0.4 is 4.74 Å². The van der Waals surface area contributed by atoms with E-state index in [1.165, 1.54) is 31.0 Å². The van der Waals surface area contributed by atoms with Crippen LogP contribution >= 0.6 is 11.8 Å². The number of thioether (sulfide) groups is 1. The summed E-state index contributed by atoms with van der Waals surface area (Å²) in [5, 5.41) is 9.20. The second-order valence-corrected chi connectivity index (χ2v) is 7.09. The summed E-state index contributed by atoms with van der Waals surface area (Å²) < 4.78 is 35.0. The Hall–Kier alpha value is -2.41. The molecule has 0 saturated heterocycles. The third-order valence-corrected chi connectivity index (χ3v) is 5.29. The topological polar surface area (TPSA) is 39.9 Å². The van der Waals surface area contributed by atoms with Gasteiger partial charge in [-0.2, -0.15) is 0 Å². The van der Waals surface area contributed by atoms with Crippen LogP contribution in [-0.4, -0.2) is 21.9 Å². The monoisotopic (exact) mass is 373 g/mol. The average molecular weight is 373 g/mol. The van der Waals surface area contributed by atoms with E-state index in [0.717, 1.165) is 23.6 Å². The van der Waals surface area contributed by atoms with Crippen molar-refractivity contribution < 1.29 is 13.5 Å². The molecule has 4 nitrogen and oxygen atoms in total. The van der Waals surface area contributed by atoms with E-state index in [0.29, 0.717) is 23.2 Å². The summed E-state index contributed by atoms with van der Waals surface area (Å²) in [6.07, 6.45) is 2.06. The van der Waals surface area contributed by atoms with Crippen LogP contribution in [0, 0.1) is 11.6 Å². The van der Waals surface area contributed by atoms with Gasteiger partial charge in [0.1, 0.15) is 5.82 Å². The zero-order chi connectivity index (χ0) is 18.1. The SMILES string of the molecule is COc1ccc(CSc2nnc(-c3ccccc3F)n2C2CC2)cc1F. The van der Waals surface area contributed by atoms with Gasteiger partial charge in [-0.3, -0.25) is 4.57 Å². The maximum atomic E-state index is 14.2. The van der Waals surface area contributed by atoms with Crippen molar-refractivity contribution in [2.45, 2.75) is 29.8 Å². The van der Waals surface area contributed by atoms with E-state index in [1.807, 2.05) is 10.6 Å². The fraction of sp³-hybridized carbons (Fsp3) is 0.263. The van der Waals surface area contributed by atoms with Crippen molar-refractivity contribution in [2.75, 3.05) is 7.11 Å². The Bertz CT molecular complexity index is 940. The molecular formula is C19H17F2N3OS. The number of halogens is 2. The van der Waals surface area contributed by atoms with Crippen LogP contribution in [0.15, 0.2) is 47.6 Å². The molecule has 134 valence electrons. The Morgan fingerprint density at radius 2 is 1.92 bits per heavy atom. The standard InChI is InChI=1S/C19H17F2N3OS/c1-25-17-9-6-12(10-16(17)21)11-26-19-23-22-18(24(19)13-7-8-13)14-4-2-3-5-15(14)20/h2-6,9-10,13H,7-8,11H2,1H3. The van der Waals surface area contributed by atoms with Crippen molar-refractivity contribution >= 4 is 11.8 Å². The first-order chi connectivity index (χ1) is 12.7. The van der Waals surface area contributed by atoms with Gasteiger partial charge in [0.15, 0.2) is 22.5 Å². The van der Waals surface area contributed by atoms with E-state index in [2.05, 4.69) is 10.2 Å². The van der Waals surface area contributed by atoms with Crippen molar-refractivity contribution in [1.82, 2.24) is 14.8 Å². The van der Waals surface area contributed by atoms with Gasteiger partial charge < -0.3 is 4.74 Å². The van der Waals surface area contributed by atoms with Crippen LogP contribution in [-0.2, 0) is 5.75 Å². The normalized spacial score (nSPS) is 13.8. The van der Waals surface area contributed by atoms with Crippen LogP contribution in [0.25, 0.3) is 11.4 Å². The molecule has 7 heteroatoms. The van der Waals surface area contributed by atoms with Gasteiger partial charge >= 0.3 is 0 Å². The molecule has 0 aliphatic heterocycles. The lowest BCUT2D eigenvalue weighted by molar-refractivity contribution is 0.386. The average Bonchev–Trinajstić information content (AvgIpc) is 3.40. The number of hydrogen-bond donors (Lipinski definition) is 0. The maximum Gasteiger partial charge on any atom is 0.192 e. The molecule has 0 atom stereocenters. The summed E-state index contributed by atoms with van der Waals surface area (Å²) in [7, 11) is 1.44. The first-order valence-corrected chi connectivity index (χ1v) is 9.31. The molecule has 3 aromatic rings. The highest BCUT2D eigenvalue weighted by molar-refractivity contribution is 7.98. The van der Waals surface area contributed by atoms with Gasteiger partial charge in [0.25, 0.3) is 0 Å². The van der Waals surface area contributed by atoms with Crippen LogP contribution in [0.5, 0.6) is 5.75 Å². The molecule has 1 aliphatic carbocycles.